The van der Waals surface area contributed by atoms with Crippen LogP contribution in [0.5, 0.6) is 0 Å². The van der Waals surface area contributed by atoms with E-state index in [-0.39, 0.29) is 29.1 Å². The molecule has 4 rings (SSSR count). The third-order valence-corrected chi connectivity index (χ3v) is 5.84. The van der Waals surface area contributed by atoms with Gasteiger partial charge in [0.25, 0.3) is 0 Å². The summed E-state index contributed by atoms with van der Waals surface area (Å²) in [6, 6.07) is 1.91. The van der Waals surface area contributed by atoms with E-state index >= 15 is 0 Å². The van der Waals surface area contributed by atoms with Crippen molar-refractivity contribution in [3.63, 3.8) is 0 Å². The number of aromatic nitrogens is 2. The van der Waals surface area contributed by atoms with E-state index in [0.717, 1.165) is 37.9 Å². The molecule has 1 aliphatic carbocycles. The first-order chi connectivity index (χ1) is 12.0. The highest BCUT2D eigenvalue weighted by Gasteiger charge is 2.49. The molecule has 0 aromatic carbocycles. The van der Waals surface area contributed by atoms with E-state index in [1.54, 1.807) is 6.20 Å². The third-order valence-electron chi connectivity index (χ3n) is 5.84. The Balaban J connectivity index is 1.56. The van der Waals surface area contributed by atoms with Crippen LogP contribution >= 0.6 is 0 Å². The predicted octanol–water partition coefficient (Wildman–Crippen LogP) is 2.83. The van der Waals surface area contributed by atoms with Crippen LogP contribution < -0.4 is 0 Å². The monoisotopic (exact) mass is 347 g/mol. The van der Waals surface area contributed by atoms with E-state index in [9.17, 15) is 4.79 Å². The van der Waals surface area contributed by atoms with Crippen molar-refractivity contribution in [2.75, 3.05) is 19.7 Å². The third kappa shape index (κ3) is 3.34. The lowest BCUT2D eigenvalue weighted by molar-refractivity contribution is -0.203. The molecule has 3 aliphatic rings. The number of aromatic amines is 1. The minimum absolute atomic E-state index is 0.137. The van der Waals surface area contributed by atoms with Crippen molar-refractivity contribution in [3.05, 3.63) is 18.0 Å². The molecule has 6 heteroatoms. The summed E-state index contributed by atoms with van der Waals surface area (Å²) < 4.78 is 12.4. The van der Waals surface area contributed by atoms with Gasteiger partial charge in [-0.25, -0.2) is 0 Å². The molecule has 0 radical (unpaired) electrons. The average molecular weight is 347 g/mol. The van der Waals surface area contributed by atoms with Crippen molar-refractivity contribution < 1.29 is 14.3 Å². The molecule has 1 saturated carbocycles. The lowest BCUT2D eigenvalue weighted by atomic mass is 9.88. The van der Waals surface area contributed by atoms with Crippen LogP contribution in [0.15, 0.2) is 12.3 Å². The first kappa shape index (κ1) is 17.0. The number of morpholine rings is 1. The summed E-state index contributed by atoms with van der Waals surface area (Å²) in [5.41, 5.74) is 0.467. The number of nitrogens with one attached hydrogen (secondary N) is 1. The van der Waals surface area contributed by atoms with Gasteiger partial charge in [-0.1, -0.05) is 12.8 Å². The lowest BCUT2D eigenvalue weighted by Crippen LogP contribution is -2.61. The Bertz CT molecular complexity index is 607. The first-order valence-electron chi connectivity index (χ1n) is 9.58. The topological polar surface area (TPSA) is 67.5 Å². The van der Waals surface area contributed by atoms with E-state index < -0.39 is 0 Å². The van der Waals surface area contributed by atoms with Crippen molar-refractivity contribution in [1.82, 2.24) is 15.1 Å². The highest BCUT2D eigenvalue weighted by atomic mass is 16.5. The molecule has 3 heterocycles. The number of hydrogen-bond acceptors (Lipinski definition) is 4. The fraction of sp³-hybridized carbons (Fsp3) is 0.789. The fourth-order valence-corrected chi connectivity index (χ4v) is 4.95. The molecular weight excluding hydrogens is 318 g/mol. The fourth-order valence-electron chi connectivity index (χ4n) is 4.95. The summed E-state index contributed by atoms with van der Waals surface area (Å²) >= 11 is 0. The maximum absolute atomic E-state index is 13.4. The zero-order valence-electron chi connectivity index (χ0n) is 15.3. The van der Waals surface area contributed by atoms with E-state index in [1.807, 2.05) is 6.07 Å². The summed E-state index contributed by atoms with van der Waals surface area (Å²) in [7, 11) is 0. The standard InChI is InChI=1S/C19H29N3O3/c1-18(2)12-22(13-19(25-18)8-3-4-9-19)17(23)14-6-5-11-24-16(14)15-7-10-20-21-15/h7,10,14,16H,3-6,8-9,11-13H2,1-2H3,(H,20,21)/t14-,16-/m1/s1. The number of H-pyrrole nitrogens is 1. The maximum Gasteiger partial charge on any atom is 0.228 e. The molecular formula is C19H29N3O3. The van der Waals surface area contributed by atoms with Gasteiger partial charge in [0.15, 0.2) is 0 Å². The zero-order valence-corrected chi connectivity index (χ0v) is 15.3. The van der Waals surface area contributed by atoms with Gasteiger partial charge in [-0.15, -0.1) is 0 Å². The molecule has 2 saturated heterocycles. The highest BCUT2D eigenvalue weighted by Crippen LogP contribution is 2.42. The van der Waals surface area contributed by atoms with Gasteiger partial charge in [-0.2, -0.15) is 5.10 Å². The minimum Gasteiger partial charge on any atom is -0.371 e. The molecule has 0 unspecified atom stereocenters. The minimum atomic E-state index is -0.294. The van der Waals surface area contributed by atoms with Crippen molar-refractivity contribution in [2.24, 2.45) is 5.92 Å². The van der Waals surface area contributed by atoms with Crippen molar-refractivity contribution in [3.8, 4) is 0 Å². The van der Waals surface area contributed by atoms with Gasteiger partial charge >= 0.3 is 0 Å². The quantitative estimate of drug-likeness (QED) is 0.893. The molecule has 138 valence electrons. The molecule has 0 bridgehead atoms. The first-order valence-corrected chi connectivity index (χ1v) is 9.58. The van der Waals surface area contributed by atoms with Crippen LogP contribution in [0.1, 0.15) is 64.2 Å². The molecule has 1 aromatic heterocycles. The number of ether oxygens (including phenoxy) is 2. The second-order valence-corrected chi connectivity index (χ2v) is 8.50. The van der Waals surface area contributed by atoms with Crippen LogP contribution in [0.2, 0.25) is 0 Å². The summed E-state index contributed by atoms with van der Waals surface area (Å²) in [6.45, 7) is 6.29. The van der Waals surface area contributed by atoms with E-state index in [0.29, 0.717) is 13.2 Å². The zero-order chi connectivity index (χ0) is 17.5. The molecule has 3 fully saturated rings. The lowest BCUT2D eigenvalue weighted by Gasteiger charge is -2.50. The smallest absolute Gasteiger partial charge is 0.228 e. The number of hydrogen-bond donors (Lipinski definition) is 1. The maximum atomic E-state index is 13.4. The summed E-state index contributed by atoms with van der Waals surface area (Å²) in [5.74, 6) is 0.0727. The largest absolute Gasteiger partial charge is 0.371 e. The molecule has 6 nitrogen and oxygen atoms in total. The van der Waals surface area contributed by atoms with Crippen LogP contribution in [-0.2, 0) is 14.3 Å². The van der Waals surface area contributed by atoms with Gasteiger partial charge in [0.05, 0.1) is 22.8 Å². The normalized spacial score (nSPS) is 31.4. The second kappa shape index (κ2) is 6.40. The molecule has 25 heavy (non-hydrogen) atoms. The van der Waals surface area contributed by atoms with Gasteiger partial charge in [0.2, 0.25) is 5.91 Å². The highest BCUT2D eigenvalue weighted by molar-refractivity contribution is 5.80. The Kier molecular flexibility index (Phi) is 4.36. The Morgan fingerprint density at radius 1 is 1.28 bits per heavy atom. The van der Waals surface area contributed by atoms with Gasteiger partial charge in [-0.3, -0.25) is 9.89 Å². The van der Waals surface area contributed by atoms with E-state index in [1.165, 1.54) is 12.8 Å². The molecule has 1 spiro atoms. The summed E-state index contributed by atoms with van der Waals surface area (Å²) in [5, 5.41) is 7.02. The molecule has 1 N–H and O–H groups in total. The molecule has 2 aliphatic heterocycles. The van der Waals surface area contributed by atoms with Gasteiger partial charge in [0.1, 0.15) is 6.10 Å². The van der Waals surface area contributed by atoms with Crippen molar-refractivity contribution in [1.29, 1.82) is 0 Å². The second-order valence-electron chi connectivity index (χ2n) is 8.50. The number of nitrogens with zero attached hydrogens (tertiary/aromatic N) is 2. The number of carbonyl (C=O) groups is 1. The average Bonchev–Trinajstić information content (AvgIpc) is 3.25. The van der Waals surface area contributed by atoms with Crippen LogP contribution in [0, 0.1) is 5.92 Å². The molecule has 1 amide bonds. The van der Waals surface area contributed by atoms with Crippen LogP contribution in [-0.4, -0.2) is 51.9 Å². The molecule has 2 atom stereocenters. The number of amides is 1. The van der Waals surface area contributed by atoms with Gasteiger partial charge < -0.3 is 14.4 Å². The SMILES string of the molecule is CC1(C)CN(C(=O)[C@@H]2CCCO[C@H]2c2ccn[nH]2)CC2(CCCC2)O1. The van der Waals surface area contributed by atoms with Crippen molar-refractivity contribution >= 4 is 5.91 Å². The Morgan fingerprint density at radius 2 is 2.08 bits per heavy atom. The van der Waals surface area contributed by atoms with Gasteiger partial charge in [0, 0.05) is 25.9 Å². The van der Waals surface area contributed by atoms with E-state index in [2.05, 4.69) is 28.9 Å². The Hall–Kier alpha value is -1.40. The molecule has 1 aromatic rings. The number of rotatable bonds is 2. The summed E-state index contributed by atoms with van der Waals surface area (Å²) in [4.78, 5) is 15.5. The van der Waals surface area contributed by atoms with Crippen molar-refractivity contribution in [2.45, 2.75) is 69.7 Å². The summed E-state index contributed by atoms with van der Waals surface area (Å²) in [6.07, 6.45) is 7.82. The van der Waals surface area contributed by atoms with E-state index in [4.69, 9.17) is 9.47 Å². The Labute approximate surface area is 149 Å². The Morgan fingerprint density at radius 3 is 2.80 bits per heavy atom. The van der Waals surface area contributed by atoms with Crippen LogP contribution in [0.4, 0.5) is 0 Å². The number of carbonyl (C=O) groups excluding carboxylic acids is 1. The van der Waals surface area contributed by atoms with Crippen LogP contribution in [0.3, 0.4) is 0 Å². The van der Waals surface area contributed by atoms with Gasteiger partial charge in [-0.05, 0) is 45.6 Å². The predicted molar refractivity (Wildman–Crippen MR) is 92.9 cm³/mol. The van der Waals surface area contributed by atoms with Crippen LogP contribution in [0.25, 0.3) is 0 Å².